The highest BCUT2D eigenvalue weighted by molar-refractivity contribution is 7.89. The van der Waals surface area contributed by atoms with Crippen molar-refractivity contribution in [2.75, 3.05) is 39.0 Å². The quantitative estimate of drug-likeness (QED) is 0.768. The molecule has 1 aromatic rings. The standard InChI is InChI=1S/C14H22N2O5S2/c1-4-22(17,18)15-7-9-16(10-8-15)23(19,20)14-11-12(2)5-6-13(14)21-3/h5-6,11H,4,7-10H2,1-3H3. The van der Waals surface area contributed by atoms with Crippen LogP contribution in [0.5, 0.6) is 5.75 Å². The summed E-state index contributed by atoms with van der Waals surface area (Å²) in [4.78, 5) is 0.117. The highest BCUT2D eigenvalue weighted by Crippen LogP contribution is 2.28. The smallest absolute Gasteiger partial charge is 0.246 e. The first-order valence-corrected chi connectivity index (χ1v) is 10.4. The van der Waals surface area contributed by atoms with Crippen LogP contribution in [0.15, 0.2) is 23.1 Å². The van der Waals surface area contributed by atoms with Gasteiger partial charge in [-0.2, -0.15) is 8.61 Å². The summed E-state index contributed by atoms with van der Waals surface area (Å²) >= 11 is 0. The molecular formula is C14H22N2O5S2. The SMILES string of the molecule is CCS(=O)(=O)N1CCN(S(=O)(=O)c2cc(C)ccc2OC)CC1. The van der Waals surface area contributed by atoms with Crippen molar-refractivity contribution in [2.45, 2.75) is 18.7 Å². The van der Waals surface area contributed by atoms with E-state index in [-0.39, 0.29) is 36.8 Å². The van der Waals surface area contributed by atoms with Gasteiger partial charge in [0.2, 0.25) is 20.0 Å². The predicted octanol–water partition coefficient (Wildman–Crippen LogP) is 0.660. The van der Waals surface area contributed by atoms with Crippen molar-refractivity contribution in [1.82, 2.24) is 8.61 Å². The second kappa shape index (κ2) is 6.76. The Balaban J connectivity index is 2.25. The van der Waals surface area contributed by atoms with E-state index >= 15 is 0 Å². The summed E-state index contributed by atoms with van der Waals surface area (Å²) in [6.45, 7) is 4.00. The number of methoxy groups -OCH3 is 1. The van der Waals surface area contributed by atoms with Gasteiger partial charge in [-0.05, 0) is 31.5 Å². The molecule has 7 nitrogen and oxygen atoms in total. The zero-order valence-corrected chi connectivity index (χ0v) is 15.2. The average Bonchev–Trinajstić information content (AvgIpc) is 2.55. The fourth-order valence-corrected chi connectivity index (χ4v) is 5.24. The third kappa shape index (κ3) is 3.68. The van der Waals surface area contributed by atoms with E-state index in [1.54, 1.807) is 25.1 Å². The van der Waals surface area contributed by atoms with E-state index in [4.69, 9.17) is 4.74 Å². The van der Waals surface area contributed by atoms with E-state index in [1.165, 1.54) is 15.7 Å². The summed E-state index contributed by atoms with van der Waals surface area (Å²) in [5.74, 6) is 0.310. The van der Waals surface area contributed by atoms with Gasteiger partial charge in [-0.1, -0.05) is 6.07 Å². The van der Waals surface area contributed by atoms with E-state index < -0.39 is 20.0 Å². The summed E-state index contributed by atoms with van der Waals surface area (Å²) in [5, 5.41) is 0. The fraction of sp³-hybridized carbons (Fsp3) is 0.571. The molecule has 23 heavy (non-hydrogen) atoms. The van der Waals surface area contributed by atoms with E-state index in [2.05, 4.69) is 0 Å². The predicted molar refractivity (Wildman–Crippen MR) is 87.5 cm³/mol. The molecule has 130 valence electrons. The number of sulfonamides is 2. The van der Waals surface area contributed by atoms with Gasteiger partial charge in [0, 0.05) is 26.2 Å². The van der Waals surface area contributed by atoms with Crippen LogP contribution in [0.4, 0.5) is 0 Å². The lowest BCUT2D eigenvalue weighted by Gasteiger charge is -2.33. The normalized spacial score (nSPS) is 18.0. The molecule has 1 aromatic carbocycles. The Labute approximate surface area is 137 Å². The summed E-state index contributed by atoms with van der Waals surface area (Å²) in [6.07, 6.45) is 0. The number of hydrogen-bond acceptors (Lipinski definition) is 5. The topological polar surface area (TPSA) is 84.0 Å². The molecule has 2 rings (SSSR count). The first-order chi connectivity index (χ1) is 10.7. The second-order valence-electron chi connectivity index (χ2n) is 5.36. The number of nitrogens with zero attached hydrogens (tertiary/aromatic N) is 2. The molecule has 1 aliphatic heterocycles. The Morgan fingerprint density at radius 1 is 1.04 bits per heavy atom. The Bertz CT molecular complexity index is 766. The summed E-state index contributed by atoms with van der Waals surface area (Å²) in [7, 11) is -5.58. The third-order valence-electron chi connectivity index (χ3n) is 3.89. The van der Waals surface area contributed by atoms with Crippen LogP contribution >= 0.6 is 0 Å². The van der Waals surface area contributed by atoms with Crippen LogP contribution in [0.1, 0.15) is 12.5 Å². The molecule has 0 aliphatic carbocycles. The van der Waals surface area contributed by atoms with E-state index in [9.17, 15) is 16.8 Å². The van der Waals surface area contributed by atoms with Crippen LogP contribution < -0.4 is 4.74 Å². The highest BCUT2D eigenvalue weighted by atomic mass is 32.2. The van der Waals surface area contributed by atoms with Gasteiger partial charge < -0.3 is 4.74 Å². The lowest BCUT2D eigenvalue weighted by Crippen LogP contribution is -2.50. The molecule has 1 aliphatic rings. The van der Waals surface area contributed by atoms with Crippen molar-refractivity contribution in [3.8, 4) is 5.75 Å². The molecule has 0 radical (unpaired) electrons. The average molecular weight is 362 g/mol. The first-order valence-electron chi connectivity index (χ1n) is 7.35. The summed E-state index contributed by atoms with van der Waals surface area (Å²) in [5.41, 5.74) is 0.816. The molecule has 0 spiro atoms. The zero-order chi connectivity index (χ0) is 17.3. The largest absolute Gasteiger partial charge is 0.495 e. The van der Waals surface area contributed by atoms with Gasteiger partial charge in [0.1, 0.15) is 10.6 Å². The van der Waals surface area contributed by atoms with Gasteiger partial charge in [-0.25, -0.2) is 16.8 Å². The maximum Gasteiger partial charge on any atom is 0.246 e. The minimum Gasteiger partial charge on any atom is -0.495 e. The minimum atomic E-state index is -3.72. The molecule has 0 atom stereocenters. The van der Waals surface area contributed by atoms with Gasteiger partial charge in [0.15, 0.2) is 0 Å². The van der Waals surface area contributed by atoms with Crippen LogP contribution in [0.25, 0.3) is 0 Å². The Morgan fingerprint density at radius 3 is 2.13 bits per heavy atom. The molecule has 1 heterocycles. The van der Waals surface area contributed by atoms with Crippen LogP contribution in [0.3, 0.4) is 0 Å². The molecular weight excluding hydrogens is 340 g/mol. The number of aryl methyl sites for hydroxylation is 1. The Hall–Kier alpha value is -1.16. The van der Waals surface area contributed by atoms with E-state index in [0.29, 0.717) is 5.75 Å². The Kier molecular flexibility index (Phi) is 5.34. The second-order valence-corrected chi connectivity index (χ2v) is 9.52. The van der Waals surface area contributed by atoms with Crippen molar-refractivity contribution in [1.29, 1.82) is 0 Å². The number of hydrogen-bond donors (Lipinski definition) is 0. The van der Waals surface area contributed by atoms with Gasteiger partial charge >= 0.3 is 0 Å². The molecule has 1 saturated heterocycles. The molecule has 9 heteroatoms. The zero-order valence-electron chi connectivity index (χ0n) is 13.5. The lowest BCUT2D eigenvalue weighted by atomic mass is 10.2. The number of benzene rings is 1. The van der Waals surface area contributed by atoms with Gasteiger partial charge in [0.05, 0.1) is 12.9 Å². The minimum absolute atomic E-state index is 0.0193. The Morgan fingerprint density at radius 2 is 1.61 bits per heavy atom. The van der Waals surface area contributed by atoms with Gasteiger partial charge in [-0.15, -0.1) is 0 Å². The maximum atomic E-state index is 12.8. The fourth-order valence-electron chi connectivity index (χ4n) is 2.50. The molecule has 0 aromatic heterocycles. The lowest BCUT2D eigenvalue weighted by molar-refractivity contribution is 0.272. The van der Waals surface area contributed by atoms with E-state index in [1.807, 2.05) is 6.92 Å². The van der Waals surface area contributed by atoms with Crippen molar-refractivity contribution in [3.05, 3.63) is 23.8 Å². The number of piperazine rings is 1. The van der Waals surface area contributed by atoms with Crippen molar-refractivity contribution in [2.24, 2.45) is 0 Å². The molecule has 0 N–H and O–H groups in total. The third-order valence-corrected chi connectivity index (χ3v) is 7.69. The molecule has 0 amide bonds. The number of ether oxygens (including phenoxy) is 1. The molecule has 0 bridgehead atoms. The monoisotopic (exact) mass is 362 g/mol. The number of rotatable bonds is 5. The highest BCUT2D eigenvalue weighted by Gasteiger charge is 2.33. The summed E-state index contributed by atoms with van der Waals surface area (Å²) < 4.78 is 57.2. The first kappa shape index (κ1) is 18.2. The van der Waals surface area contributed by atoms with Crippen LogP contribution in [0, 0.1) is 6.92 Å². The molecule has 0 saturated carbocycles. The van der Waals surface area contributed by atoms with Crippen LogP contribution in [0.2, 0.25) is 0 Å². The van der Waals surface area contributed by atoms with Crippen molar-refractivity contribution >= 4 is 20.0 Å². The molecule has 0 unspecified atom stereocenters. The van der Waals surface area contributed by atoms with Crippen LogP contribution in [-0.2, 0) is 20.0 Å². The summed E-state index contributed by atoms with van der Waals surface area (Å²) in [6, 6.07) is 4.98. The van der Waals surface area contributed by atoms with Crippen molar-refractivity contribution in [3.63, 3.8) is 0 Å². The van der Waals surface area contributed by atoms with Gasteiger partial charge in [0.25, 0.3) is 0 Å². The van der Waals surface area contributed by atoms with Crippen LogP contribution in [-0.4, -0.2) is 64.5 Å². The van der Waals surface area contributed by atoms with E-state index in [0.717, 1.165) is 5.56 Å². The van der Waals surface area contributed by atoms with Crippen molar-refractivity contribution < 1.29 is 21.6 Å². The van der Waals surface area contributed by atoms with Gasteiger partial charge in [-0.3, -0.25) is 0 Å². The molecule has 1 fully saturated rings. The maximum absolute atomic E-state index is 12.8.